The number of benzene rings is 2. The number of amides is 1. The smallest absolute Gasteiger partial charge is 0.226 e. The molecule has 28 heavy (non-hydrogen) atoms. The SMILES string of the molecule is Cc1ccc(-c2cnc(CCC(=O)Nc3nc4c(F)cc(F)cc4s3)o2)cc1. The largest absolute Gasteiger partial charge is 0.441 e. The Kier molecular flexibility index (Phi) is 4.87. The van der Waals surface area contributed by atoms with Gasteiger partial charge in [0, 0.05) is 24.5 Å². The van der Waals surface area contributed by atoms with Gasteiger partial charge in [-0.3, -0.25) is 4.79 Å². The van der Waals surface area contributed by atoms with Gasteiger partial charge in [0.2, 0.25) is 5.91 Å². The van der Waals surface area contributed by atoms with Gasteiger partial charge in [-0.1, -0.05) is 41.2 Å². The van der Waals surface area contributed by atoms with E-state index in [9.17, 15) is 13.6 Å². The van der Waals surface area contributed by atoms with Gasteiger partial charge in [-0.25, -0.2) is 18.7 Å². The van der Waals surface area contributed by atoms with Crippen LogP contribution in [-0.2, 0) is 11.2 Å². The maximum Gasteiger partial charge on any atom is 0.226 e. The van der Waals surface area contributed by atoms with Crippen molar-refractivity contribution in [3.63, 3.8) is 0 Å². The summed E-state index contributed by atoms with van der Waals surface area (Å²) in [4.78, 5) is 20.4. The Morgan fingerprint density at radius 1 is 1.21 bits per heavy atom. The third-order valence-electron chi connectivity index (χ3n) is 4.12. The van der Waals surface area contributed by atoms with E-state index in [2.05, 4.69) is 15.3 Å². The van der Waals surface area contributed by atoms with E-state index in [0.29, 0.717) is 22.8 Å². The maximum absolute atomic E-state index is 13.7. The van der Waals surface area contributed by atoms with Crippen LogP contribution in [0.1, 0.15) is 17.9 Å². The molecule has 0 fully saturated rings. The molecular weight excluding hydrogens is 384 g/mol. The molecule has 0 atom stereocenters. The summed E-state index contributed by atoms with van der Waals surface area (Å²) in [5.74, 6) is -0.660. The van der Waals surface area contributed by atoms with Gasteiger partial charge in [0.15, 0.2) is 22.6 Å². The minimum Gasteiger partial charge on any atom is -0.441 e. The van der Waals surface area contributed by atoms with Crippen LogP contribution in [0.4, 0.5) is 13.9 Å². The van der Waals surface area contributed by atoms with E-state index in [-0.39, 0.29) is 23.0 Å². The van der Waals surface area contributed by atoms with Crippen LogP contribution in [0.5, 0.6) is 0 Å². The summed E-state index contributed by atoms with van der Waals surface area (Å²) in [6.45, 7) is 2.00. The first kappa shape index (κ1) is 18.2. The molecule has 2 heterocycles. The molecule has 142 valence electrons. The van der Waals surface area contributed by atoms with Crippen LogP contribution in [-0.4, -0.2) is 15.9 Å². The number of aromatic nitrogens is 2. The number of aryl methyl sites for hydroxylation is 2. The molecule has 0 radical (unpaired) electrons. The van der Waals surface area contributed by atoms with E-state index in [0.717, 1.165) is 28.5 Å². The van der Waals surface area contributed by atoms with Crippen molar-refractivity contribution in [1.29, 1.82) is 0 Å². The van der Waals surface area contributed by atoms with Crippen molar-refractivity contribution in [1.82, 2.24) is 9.97 Å². The molecule has 4 rings (SSSR count). The molecule has 2 aromatic carbocycles. The Hall–Kier alpha value is -3.13. The summed E-state index contributed by atoms with van der Waals surface area (Å²) in [6.07, 6.45) is 2.06. The maximum atomic E-state index is 13.7. The van der Waals surface area contributed by atoms with E-state index in [4.69, 9.17) is 4.42 Å². The molecule has 0 spiro atoms. The van der Waals surface area contributed by atoms with E-state index in [1.54, 1.807) is 6.20 Å². The Labute approximate surface area is 163 Å². The van der Waals surface area contributed by atoms with Crippen molar-refractivity contribution in [2.45, 2.75) is 19.8 Å². The van der Waals surface area contributed by atoms with Crippen molar-refractivity contribution in [2.24, 2.45) is 0 Å². The predicted molar refractivity (Wildman–Crippen MR) is 103 cm³/mol. The van der Waals surface area contributed by atoms with Gasteiger partial charge in [0.1, 0.15) is 11.3 Å². The average molecular weight is 399 g/mol. The molecule has 0 saturated heterocycles. The van der Waals surface area contributed by atoms with Crippen LogP contribution in [0.25, 0.3) is 21.5 Å². The third-order valence-corrected chi connectivity index (χ3v) is 5.03. The highest BCUT2D eigenvalue weighted by molar-refractivity contribution is 7.22. The number of thiazole rings is 1. The number of halogens is 2. The van der Waals surface area contributed by atoms with Crippen molar-refractivity contribution in [3.05, 3.63) is 65.7 Å². The number of carbonyl (C=O) groups excluding carboxylic acids is 1. The molecule has 1 amide bonds. The highest BCUT2D eigenvalue weighted by Gasteiger charge is 2.14. The van der Waals surface area contributed by atoms with Gasteiger partial charge in [0.05, 0.1) is 10.9 Å². The average Bonchev–Trinajstić information content (AvgIpc) is 3.27. The summed E-state index contributed by atoms with van der Waals surface area (Å²) in [6, 6.07) is 9.81. The van der Waals surface area contributed by atoms with Gasteiger partial charge in [-0.2, -0.15) is 0 Å². The first-order valence-corrected chi connectivity index (χ1v) is 9.37. The minimum atomic E-state index is -0.754. The molecular formula is C20H15F2N3O2S. The van der Waals surface area contributed by atoms with E-state index < -0.39 is 11.6 Å². The second-order valence-corrected chi connectivity index (χ2v) is 7.32. The van der Waals surface area contributed by atoms with Crippen LogP contribution in [0, 0.1) is 18.6 Å². The standard InChI is InChI=1S/C20H15F2N3O2S/c1-11-2-4-12(5-3-11)15-10-23-18(27-15)7-6-17(26)24-20-25-19-14(22)8-13(21)9-16(19)28-20/h2-5,8-10H,6-7H2,1H3,(H,24,25,26). The Bertz CT molecular complexity index is 1150. The fourth-order valence-electron chi connectivity index (χ4n) is 2.69. The first-order chi connectivity index (χ1) is 13.5. The van der Waals surface area contributed by atoms with Gasteiger partial charge < -0.3 is 9.73 Å². The van der Waals surface area contributed by atoms with Gasteiger partial charge in [0.25, 0.3) is 0 Å². The van der Waals surface area contributed by atoms with Crippen LogP contribution < -0.4 is 5.32 Å². The molecule has 0 unspecified atom stereocenters. The zero-order valence-electron chi connectivity index (χ0n) is 14.8. The third kappa shape index (κ3) is 3.91. The molecule has 5 nitrogen and oxygen atoms in total. The second kappa shape index (κ2) is 7.47. The van der Waals surface area contributed by atoms with Crippen LogP contribution >= 0.6 is 11.3 Å². The number of nitrogens with one attached hydrogen (secondary N) is 1. The van der Waals surface area contributed by atoms with Crippen molar-refractivity contribution >= 4 is 32.6 Å². The van der Waals surface area contributed by atoms with Gasteiger partial charge in [-0.15, -0.1) is 0 Å². The molecule has 8 heteroatoms. The molecule has 0 aliphatic carbocycles. The topological polar surface area (TPSA) is 68.0 Å². The van der Waals surface area contributed by atoms with E-state index >= 15 is 0 Å². The normalized spacial score (nSPS) is 11.1. The Morgan fingerprint density at radius 3 is 2.79 bits per heavy atom. The monoisotopic (exact) mass is 399 g/mol. The molecule has 0 aliphatic rings. The summed E-state index contributed by atoms with van der Waals surface area (Å²) in [5.41, 5.74) is 2.10. The number of carbonyl (C=O) groups is 1. The minimum absolute atomic E-state index is 0.0390. The highest BCUT2D eigenvalue weighted by atomic mass is 32.1. The zero-order valence-corrected chi connectivity index (χ0v) is 15.6. The first-order valence-electron chi connectivity index (χ1n) is 8.55. The van der Waals surface area contributed by atoms with Gasteiger partial charge >= 0.3 is 0 Å². The van der Waals surface area contributed by atoms with Crippen LogP contribution in [0.2, 0.25) is 0 Å². The van der Waals surface area contributed by atoms with Crippen molar-refractivity contribution in [3.8, 4) is 11.3 Å². The lowest BCUT2D eigenvalue weighted by Crippen LogP contribution is -2.12. The number of rotatable bonds is 5. The number of hydrogen-bond donors (Lipinski definition) is 1. The second-order valence-electron chi connectivity index (χ2n) is 6.29. The molecule has 0 bridgehead atoms. The Balaban J connectivity index is 1.38. The van der Waals surface area contributed by atoms with Crippen LogP contribution in [0.3, 0.4) is 0 Å². The number of fused-ring (bicyclic) bond motifs is 1. The molecule has 1 N–H and O–H groups in total. The molecule has 2 aromatic heterocycles. The quantitative estimate of drug-likeness (QED) is 0.506. The number of oxazole rings is 1. The molecule has 0 aliphatic heterocycles. The lowest BCUT2D eigenvalue weighted by molar-refractivity contribution is -0.116. The van der Waals surface area contributed by atoms with Crippen LogP contribution in [0.15, 0.2) is 47.0 Å². The number of anilines is 1. The molecule has 4 aromatic rings. The van der Waals surface area contributed by atoms with Crippen molar-refractivity contribution < 1.29 is 18.0 Å². The number of hydrogen-bond acceptors (Lipinski definition) is 5. The highest BCUT2D eigenvalue weighted by Crippen LogP contribution is 2.29. The van der Waals surface area contributed by atoms with E-state index in [1.165, 1.54) is 6.07 Å². The summed E-state index contributed by atoms with van der Waals surface area (Å²) < 4.78 is 33.0. The number of nitrogens with zero attached hydrogens (tertiary/aromatic N) is 2. The van der Waals surface area contributed by atoms with E-state index in [1.807, 2.05) is 31.2 Å². The summed E-state index contributed by atoms with van der Waals surface area (Å²) >= 11 is 1.02. The predicted octanol–water partition coefficient (Wildman–Crippen LogP) is 5.11. The zero-order chi connectivity index (χ0) is 19.7. The fourth-order valence-corrected chi connectivity index (χ4v) is 3.61. The summed E-state index contributed by atoms with van der Waals surface area (Å²) in [5, 5.41) is 2.82. The van der Waals surface area contributed by atoms with Gasteiger partial charge in [-0.05, 0) is 13.0 Å². The summed E-state index contributed by atoms with van der Waals surface area (Å²) in [7, 11) is 0. The molecule has 0 saturated carbocycles. The van der Waals surface area contributed by atoms with Crippen molar-refractivity contribution in [2.75, 3.05) is 5.32 Å². The lowest BCUT2D eigenvalue weighted by atomic mass is 10.1. The lowest BCUT2D eigenvalue weighted by Gasteiger charge is -2.00. The fraction of sp³-hybridized carbons (Fsp3) is 0.150. The Morgan fingerprint density at radius 2 is 2.00 bits per heavy atom.